The molecule has 2 unspecified atom stereocenters. The molecule has 2 bridgehead atoms. The highest BCUT2D eigenvalue weighted by molar-refractivity contribution is 6.04. The van der Waals surface area contributed by atoms with Crippen molar-refractivity contribution >= 4 is 27.5 Å². The Morgan fingerprint density at radius 1 is 1.08 bits per heavy atom. The summed E-state index contributed by atoms with van der Waals surface area (Å²) in [5, 5.41) is 14.5. The number of hydrogen-bond donors (Lipinski definition) is 2. The summed E-state index contributed by atoms with van der Waals surface area (Å²) in [5.74, 6) is -1.51. The number of terminal acetylenes is 1. The molecule has 4 atom stereocenters. The van der Waals surface area contributed by atoms with Gasteiger partial charge >= 0.3 is 6.01 Å². The Labute approximate surface area is 275 Å². The number of fused-ring (bicyclic) bond motifs is 4. The Balaban J connectivity index is 1.39. The molecule has 12 heteroatoms. The fraction of sp³-hybridized carbons (Fsp3) is 0.444. The number of likely N-dealkylation sites (tertiary alicyclic amines) is 1. The van der Waals surface area contributed by atoms with E-state index in [1.165, 1.54) is 12.1 Å². The van der Waals surface area contributed by atoms with Crippen LogP contribution in [0.15, 0.2) is 30.3 Å². The van der Waals surface area contributed by atoms with Crippen LogP contribution in [0.1, 0.15) is 38.7 Å². The number of benzene rings is 3. The fourth-order valence-corrected chi connectivity index (χ4v) is 7.90. The summed E-state index contributed by atoms with van der Waals surface area (Å²) < 4.78 is 82.5. The first-order valence-corrected chi connectivity index (χ1v) is 16.3. The van der Waals surface area contributed by atoms with E-state index in [9.17, 15) is 18.3 Å². The van der Waals surface area contributed by atoms with Crippen LogP contribution in [-0.2, 0) is 0 Å². The molecule has 0 spiro atoms. The molecular formula is C36H36F5N5O2. The van der Waals surface area contributed by atoms with Crippen LogP contribution < -0.4 is 15.0 Å². The molecule has 4 heterocycles. The van der Waals surface area contributed by atoms with Gasteiger partial charge in [0.2, 0.25) is 6.43 Å². The standard InChI is InChI=1S/C36H36F5N5O2/c1-4-23-27(37)9-6-19-12-22(47)13-24(29(19)23)30-28(38)14-25-32(31(30)39)43-35(44-34(25)46-15-20-7-8-21(16-46)42-20)48-18-36(3)17-45(5-2)11-10-26(36)33(40)41/h1,6,9,12-14,20-21,26,33,42,47H,5,7-8,10-11,15-18H2,2-3H3/t20-,21+,26?,36?. The number of alkyl halides is 2. The van der Waals surface area contributed by atoms with Crippen LogP contribution in [0, 0.1) is 41.1 Å². The molecule has 3 aliphatic heterocycles. The van der Waals surface area contributed by atoms with Gasteiger partial charge in [-0.2, -0.15) is 9.97 Å². The lowest BCUT2D eigenvalue weighted by molar-refractivity contribution is -0.0721. The van der Waals surface area contributed by atoms with Gasteiger partial charge < -0.3 is 25.0 Å². The van der Waals surface area contributed by atoms with Crippen LogP contribution in [-0.4, -0.2) is 77.8 Å². The van der Waals surface area contributed by atoms with E-state index in [0.717, 1.165) is 31.0 Å². The van der Waals surface area contributed by atoms with E-state index < -0.39 is 40.8 Å². The molecule has 3 fully saturated rings. The Morgan fingerprint density at radius 3 is 2.52 bits per heavy atom. The zero-order valence-corrected chi connectivity index (χ0v) is 26.7. The number of nitrogens with one attached hydrogen (secondary N) is 1. The number of phenols is 1. The SMILES string of the molecule is C#Cc1c(F)ccc2cc(O)cc(-c3c(F)cc4c(N5C[C@H]6CC[C@@H](C5)N6)nc(OCC5(C)CN(CC)CCC5C(F)F)nc4c3F)c12. The van der Waals surface area contributed by atoms with Gasteiger partial charge in [0.05, 0.1) is 17.7 Å². The molecule has 2 N–H and O–H groups in total. The zero-order chi connectivity index (χ0) is 33.9. The average molecular weight is 666 g/mol. The second-order valence-electron chi connectivity index (χ2n) is 13.5. The number of halogens is 5. The number of piperidine rings is 1. The van der Waals surface area contributed by atoms with Crippen LogP contribution >= 0.6 is 0 Å². The molecule has 4 aromatic rings. The van der Waals surface area contributed by atoms with Crippen molar-refractivity contribution in [2.45, 2.75) is 51.6 Å². The normalized spacial score (nSPS) is 24.5. The maximum Gasteiger partial charge on any atom is 0.319 e. The maximum absolute atomic E-state index is 16.9. The molecule has 3 aliphatic rings. The fourth-order valence-electron chi connectivity index (χ4n) is 7.90. The average Bonchev–Trinajstić information content (AvgIpc) is 3.40. The van der Waals surface area contributed by atoms with Crippen molar-refractivity contribution in [2.24, 2.45) is 11.3 Å². The van der Waals surface area contributed by atoms with Crippen molar-refractivity contribution in [3.8, 4) is 35.2 Å². The molecule has 1 aromatic heterocycles. The summed E-state index contributed by atoms with van der Waals surface area (Å²) in [4.78, 5) is 13.1. The minimum atomic E-state index is -2.56. The van der Waals surface area contributed by atoms with E-state index in [0.29, 0.717) is 39.1 Å². The van der Waals surface area contributed by atoms with Gasteiger partial charge in [-0.05, 0) is 62.0 Å². The van der Waals surface area contributed by atoms with Crippen LogP contribution in [0.4, 0.5) is 27.8 Å². The lowest BCUT2D eigenvalue weighted by Crippen LogP contribution is -2.52. The molecule has 0 saturated carbocycles. The van der Waals surface area contributed by atoms with Crippen molar-refractivity contribution in [3.63, 3.8) is 0 Å². The first-order chi connectivity index (χ1) is 23.0. The van der Waals surface area contributed by atoms with Crippen molar-refractivity contribution < 1.29 is 31.8 Å². The predicted octanol–water partition coefficient (Wildman–Crippen LogP) is 6.49. The number of piperazine rings is 1. The summed E-state index contributed by atoms with van der Waals surface area (Å²) in [6.45, 7) is 6.28. The van der Waals surface area contributed by atoms with E-state index >= 15 is 8.78 Å². The van der Waals surface area contributed by atoms with Crippen molar-refractivity contribution in [3.05, 3.63) is 53.3 Å². The number of phenolic OH excluding ortho intramolecular Hbond substituents is 1. The number of nitrogens with zero attached hydrogens (tertiary/aromatic N) is 4. The first-order valence-electron chi connectivity index (χ1n) is 16.3. The molecule has 48 heavy (non-hydrogen) atoms. The Morgan fingerprint density at radius 2 is 1.83 bits per heavy atom. The van der Waals surface area contributed by atoms with Gasteiger partial charge in [0, 0.05) is 59.4 Å². The van der Waals surface area contributed by atoms with Crippen molar-refractivity contribution in [1.82, 2.24) is 20.2 Å². The summed E-state index contributed by atoms with van der Waals surface area (Å²) in [5.41, 5.74) is -2.12. The molecule has 0 radical (unpaired) electrons. The minimum absolute atomic E-state index is 0.0561. The minimum Gasteiger partial charge on any atom is -0.508 e. The number of aromatic nitrogens is 2. The Bertz CT molecular complexity index is 1940. The molecule has 7 nitrogen and oxygen atoms in total. The molecule has 0 amide bonds. The number of anilines is 1. The number of ether oxygens (including phenoxy) is 1. The largest absolute Gasteiger partial charge is 0.508 e. The summed E-state index contributed by atoms with van der Waals surface area (Å²) in [6, 6.07) is 6.20. The summed E-state index contributed by atoms with van der Waals surface area (Å²) in [7, 11) is 0. The third kappa shape index (κ3) is 5.56. The highest BCUT2D eigenvalue weighted by Gasteiger charge is 2.45. The quantitative estimate of drug-likeness (QED) is 0.173. The molecule has 3 saturated heterocycles. The van der Waals surface area contributed by atoms with E-state index in [4.69, 9.17) is 11.2 Å². The van der Waals surface area contributed by atoms with Gasteiger partial charge in [0.1, 0.15) is 28.7 Å². The number of rotatable bonds is 7. The molecule has 3 aromatic carbocycles. The first kappa shape index (κ1) is 32.3. The van der Waals surface area contributed by atoms with Crippen LogP contribution in [0.2, 0.25) is 0 Å². The van der Waals surface area contributed by atoms with Gasteiger partial charge in [0.15, 0.2) is 5.82 Å². The van der Waals surface area contributed by atoms with E-state index in [1.54, 1.807) is 6.92 Å². The zero-order valence-electron chi connectivity index (χ0n) is 26.7. The van der Waals surface area contributed by atoms with Gasteiger partial charge in [-0.3, -0.25) is 0 Å². The van der Waals surface area contributed by atoms with E-state index in [2.05, 4.69) is 26.1 Å². The summed E-state index contributed by atoms with van der Waals surface area (Å²) >= 11 is 0. The molecule has 7 rings (SSSR count). The van der Waals surface area contributed by atoms with Gasteiger partial charge in [-0.1, -0.05) is 25.8 Å². The monoisotopic (exact) mass is 665 g/mol. The molecule has 0 aliphatic carbocycles. The topological polar surface area (TPSA) is 73.8 Å². The van der Waals surface area contributed by atoms with Gasteiger partial charge in [-0.25, -0.2) is 22.0 Å². The van der Waals surface area contributed by atoms with E-state index in [-0.39, 0.29) is 69.1 Å². The molecule has 252 valence electrons. The maximum atomic E-state index is 16.9. The highest BCUT2D eigenvalue weighted by Crippen LogP contribution is 2.43. The third-order valence-electron chi connectivity index (χ3n) is 10.3. The Hall–Kier alpha value is -4.21. The van der Waals surface area contributed by atoms with Crippen LogP contribution in [0.5, 0.6) is 11.8 Å². The second-order valence-corrected chi connectivity index (χ2v) is 13.5. The van der Waals surface area contributed by atoms with Gasteiger partial charge in [-0.15, -0.1) is 6.42 Å². The Kier molecular flexibility index (Phi) is 8.32. The van der Waals surface area contributed by atoms with Crippen LogP contribution in [0.3, 0.4) is 0 Å². The summed E-state index contributed by atoms with van der Waals surface area (Å²) in [6.07, 6.45) is 5.27. The predicted molar refractivity (Wildman–Crippen MR) is 174 cm³/mol. The highest BCUT2D eigenvalue weighted by atomic mass is 19.3. The van der Waals surface area contributed by atoms with Crippen LogP contribution in [0.25, 0.3) is 32.8 Å². The lowest BCUT2D eigenvalue weighted by atomic mass is 9.73. The molecular weight excluding hydrogens is 629 g/mol. The van der Waals surface area contributed by atoms with E-state index in [1.807, 2.05) is 11.8 Å². The number of aromatic hydroxyl groups is 1. The van der Waals surface area contributed by atoms with Gasteiger partial charge in [0.25, 0.3) is 0 Å². The second kappa shape index (κ2) is 12.3. The van der Waals surface area contributed by atoms with Crippen molar-refractivity contribution in [1.29, 1.82) is 0 Å². The third-order valence-corrected chi connectivity index (χ3v) is 10.3. The van der Waals surface area contributed by atoms with Crippen molar-refractivity contribution in [2.75, 3.05) is 44.2 Å². The number of hydrogen-bond acceptors (Lipinski definition) is 7. The smallest absolute Gasteiger partial charge is 0.319 e. The lowest BCUT2D eigenvalue weighted by Gasteiger charge is -2.45.